The van der Waals surface area contributed by atoms with Gasteiger partial charge in [0.15, 0.2) is 0 Å². The van der Waals surface area contributed by atoms with Gasteiger partial charge in [-0.15, -0.1) is 11.3 Å². The molecule has 3 rings (SSSR count). The second-order valence-electron chi connectivity index (χ2n) is 4.89. The van der Waals surface area contributed by atoms with E-state index in [-0.39, 0.29) is 5.97 Å². The van der Waals surface area contributed by atoms with Crippen LogP contribution >= 0.6 is 11.3 Å². The summed E-state index contributed by atoms with van der Waals surface area (Å²) >= 11 is 1.53. The molecule has 0 saturated heterocycles. The lowest BCUT2D eigenvalue weighted by Gasteiger charge is -2.05. The van der Waals surface area contributed by atoms with E-state index in [1.165, 1.54) is 11.3 Å². The number of pyridine rings is 1. The van der Waals surface area contributed by atoms with Gasteiger partial charge in [-0.05, 0) is 43.3 Å². The van der Waals surface area contributed by atoms with Crippen molar-refractivity contribution in [3.05, 3.63) is 65.3 Å². The van der Waals surface area contributed by atoms with Gasteiger partial charge >= 0.3 is 5.97 Å². The van der Waals surface area contributed by atoms with E-state index in [0.29, 0.717) is 24.5 Å². The highest BCUT2D eigenvalue weighted by molar-refractivity contribution is 7.13. The zero-order chi connectivity index (χ0) is 16.8. The second kappa shape index (κ2) is 7.70. The third-order valence-corrected chi connectivity index (χ3v) is 4.10. The number of carbonyl (C=O) groups is 1. The first-order valence-corrected chi connectivity index (χ1v) is 8.40. The van der Waals surface area contributed by atoms with Crippen molar-refractivity contribution in [2.45, 2.75) is 13.5 Å². The minimum Gasteiger partial charge on any atom is -0.487 e. The minimum absolute atomic E-state index is 0.330. The van der Waals surface area contributed by atoms with E-state index in [4.69, 9.17) is 9.47 Å². The first-order chi connectivity index (χ1) is 11.8. The zero-order valence-electron chi connectivity index (χ0n) is 13.1. The summed E-state index contributed by atoms with van der Waals surface area (Å²) in [5, 5.41) is 2.82. The molecule has 0 bridgehead atoms. The summed E-state index contributed by atoms with van der Waals surface area (Å²) in [6.07, 6.45) is 1.75. The molecule has 0 aliphatic carbocycles. The third-order valence-electron chi connectivity index (χ3n) is 3.19. The average Bonchev–Trinajstić information content (AvgIpc) is 3.10. The Morgan fingerprint density at radius 3 is 2.71 bits per heavy atom. The number of hydrogen-bond donors (Lipinski definition) is 0. The third kappa shape index (κ3) is 3.97. The summed E-state index contributed by atoms with van der Waals surface area (Å²) < 4.78 is 10.7. The molecule has 1 aromatic carbocycles. The van der Waals surface area contributed by atoms with E-state index < -0.39 is 0 Å². The number of esters is 1. The quantitative estimate of drug-likeness (QED) is 0.636. The predicted molar refractivity (Wildman–Crippen MR) is 92.1 cm³/mol. The highest BCUT2D eigenvalue weighted by Crippen LogP contribution is 2.22. The standard InChI is InChI=1S/C18H16N2O3S/c1-2-22-18(21)13-6-8-15(9-7-13)23-11-14-12-24-17(20-14)16-5-3-4-10-19-16/h3-10,12H,2,11H2,1H3. The number of hydrogen-bond acceptors (Lipinski definition) is 6. The minimum atomic E-state index is -0.330. The summed E-state index contributed by atoms with van der Waals surface area (Å²) in [5.41, 5.74) is 2.21. The van der Waals surface area contributed by atoms with E-state index >= 15 is 0 Å². The van der Waals surface area contributed by atoms with Crippen LogP contribution in [0.3, 0.4) is 0 Å². The Hall–Kier alpha value is -2.73. The van der Waals surface area contributed by atoms with Crippen LogP contribution < -0.4 is 4.74 Å². The number of aromatic nitrogens is 2. The van der Waals surface area contributed by atoms with Gasteiger partial charge in [0.1, 0.15) is 17.4 Å². The lowest BCUT2D eigenvalue weighted by Crippen LogP contribution is -2.04. The number of thiazole rings is 1. The Morgan fingerprint density at radius 1 is 1.17 bits per heavy atom. The van der Waals surface area contributed by atoms with Crippen LogP contribution in [-0.2, 0) is 11.3 Å². The fourth-order valence-electron chi connectivity index (χ4n) is 2.04. The first kappa shape index (κ1) is 16.1. The SMILES string of the molecule is CCOC(=O)c1ccc(OCc2csc(-c3ccccn3)n2)cc1. The van der Waals surface area contributed by atoms with Crippen LogP contribution in [0.1, 0.15) is 23.0 Å². The van der Waals surface area contributed by atoms with Crippen molar-refractivity contribution in [3.8, 4) is 16.5 Å². The van der Waals surface area contributed by atoms with Crippen molar-refractivity contribution in [2.24, 2.45) is 0 Å². The van der Waals surface area contributed by atoms with Gasteiger partial charge in [0.2, 0.25) is 0 Å². The van der Waals surface area contributed by atoms with Crippen molar-refractivity contribution >= 4 is 17.3 Å². The van der Waals surface area contributed by atoms with E-state index in [9.17, 15) is 4.79 Å². The zero-order valence-corrected chi connectivity index (χ0v) is 14.0. The Morgan fingerprint density at radius 2 is 2.00 bits per heavy atom. The Kier molecular flexibility index (Phi) is 5.18. The molecule has 24 heavy (non-hydrogen) atoms. The van der Waals surface area contributed by atoms with Crippen molar-refractivity contribution in [2.75, 3.05) is 6.61 Å². The highest BCUT2D eigenvalue weighted by atomic mass is 32.1. The molecule has 0 unspecified atom stereocenters. The van der Waals surface area contributed by atoms with Crippen molar-refractivity contribution in [1.82, 2.24) is 9.97 Å². The largest absolute Gasteiger partial charge is 0.487 e. The predicted octanol–water partition coefficient (Wildman–Crippen LogP) is 3.96. The van der Waals surface area contributed by atoms with Crippen LogP contribution in [0.25, 0.3) is 10.7 Å². The molecule has 3 aromatic rings. The Bertz CT molecular complexity index is 801. The average molecular weight is 340 g/mol. The highest BCUT2D eigenvalue weighted by Gasteiger charge is 2.08. The van der Waals surface area contributed by atoms with Crippen molar-refractivity contribution in [3.63, 3.8) is 0 Å². The van der Waals surface area contributed by atoms with Crippen LogP contribution in [-0.4, -0.2) is 22.5 Å². The molecule has 0 aliphatic rings. The van der Waals surface area contributed by atoms with Gasteiger partial charge in [0.05, 0.1) is 23.6 Å². The topological polar surface area (TPSA) is 61.3 Å². The lowest BCUT2D eigenvalue weighted by atomic mass is 10.2. The number of benzene rings is 1. The molecule has 0 amide bonds. The van der Waals surface area contributed by atoms with E-state index in [1.807, 2.05) is 23.6 Å². The summed E-state index contributed by atoms with van der Waals surface area (Å²) in [7, 11) is 0. The van der Waals surface area contributed by atoms with E-state index in [1.54, 1.807) is 37.4 Å². The summed E-state index contributed by atoms with van der Waals surface area (Å²) in [6, 6.07) is 12.6. The van der Waals surface area contributed by atoms with E-state index in [0.717, 1.165) is 16.4 Å². The Labute approximate surface area is 143 Å². The van der Waals surface area contributed by atoms with Crippen LogP contribution in [0.2, 0.25) is 0 Å². The molecular weight excluding hydrogens is 324 g/mol. The molecule has 6 heteroatoms. The number of ether oxygens (including phenoxy) is 2. The van der Waals surface area contributed by atoms with Crippen molar-refractivity contribution < 1.29 is 14.3 Å². The maximum absolute atomic E-state index is 11.6. The second-order valence-corrected chi connectivity index (χ2v) is 5.75. The normalized spacial score (nSPS) is 10.4. The maximum atomic E-state index is 11.6. The van der Waals surface area contributed by atoms with Gasteiger partial charge in [-0.25, -0.2) is 9.78 Å². The summed E-state index contributed by atoms with van der Waals surface area (Å²) in [6.45, 7) is 2.50. The van der Waals surface area contributed by atoms with Crippen LogP contribution in [0.5, 0.6) is 5.75 Å². The van der Waals surface area contributed by atoms with Gasteiger partial charge in [-0.2, -0.15) is 0 Å². The Balaban J connectivity index is 1.60. The molecule has 0 aliphatic heterocycles. The van der Waals surface area contributed by atoms with Crippen LogP contribution in [0.4, 0.5) is 0 Å². The summed E-state index contributed by atoms with van der Waals surface area (Å²) in [5.74, 6) is 0.346. The van der Waals surface area contributed by atoms with Gasteiger partial charge < -0.3 is 9.47 Å². The lowest BCUT2D eigenvalue weighted by molar-refractivity contribution is 0.0526. The smallest absolute Gasteiger partial charge is 0.338 e. The monoisotopic (exact) mass is 340 g/mol. The fraction of sp³-hybridized carbons (Fsp3) is 0.167. The summed E-state index contributed by atoms with van der Waals surface area (Å²) in [4.78, 5) is 20.4. The molecule has 0 saturated carbocycles. The molecule has 0 radical (unpaired) electrons. The van der Waals surface area contributed by atoms with Gasteiger partial charge in [-0.1, -0.05) is 6.07 Å². The van der Waals surface area contributed by atoms with Gasteiger partial charge in [0, 0.05) is 11.6 Å². The molecular formula is C18H16N2O3S. The molecule has 0 spiro atoms. The molecule has 0 atom stereocenters. The molecule has 0 fully saturated rings. The van der Waals surface area contributed by atoms with Crippen molar-refractivity contribution in [1.29, 1.82) is 0 Å². The van der Waals surface area contributed by atoms with Gasteiger partial charge in [0.25, 0.3) is 0 Å². The molecule has 0 N–H and O–H groups in total. The number of carbonyl (C=O) groups excluding carboxylic acids is 1. The maximum Gasteiger partial charge on any atom is 0.338 e. The number of nitrogens with zero attached hydrogens (tertiary/aromatic N) is 2. The van der Waals surface area contributed by atoms with Gasteiger partial charge in [-0.3, -0.25) is 4.98 Å². The molecule has 2 heterocycles. The number of rotatable bonds is 6. The fourth-order valence-corrected chi connectivity index (χ4v) is 2.82. The van der Waals surface area contributed by atoms with Crippen LogP contribution in [0.15, 0.2) is 54.0 Å². The first-order valence-electron chi connectivity index (χ1n) is 7.52. The molecule has 5 nitrogen and oxygen atoms in total. The van der Waals surface area contributed by atoms with E-state index in [2.05, 4.69) is 9.97 Å². The molecule has 122 valence electrons. The van der Waals surface area contributed by atoms with Crippen LogP contribution in [0, 0.1) is 0 Å². The molecule has 2 aromatic heterocycles.